The van der Waals surface area contributed by atoms with Gasteiger partial charge in [0, 0.05) is 0 Å². The van der Waals surface area contributed by atoms with Gasteiger partial charge in [0.2, 0.25) is 0 Å². The van der Waals surface area contributed by atoms with Gasteiger partial charge in [0.05, 0.1) is 0 Å². The number of rotatable bonds is 3. The van der Waals surface area contributed by atoms with Gasteiger partial charge in [-0.05, 0) is 76.3 Å². The van der Waals surface area contributed by atoms with E-state index in [4.69, 9.17) is 0 Å². The molecule has 0 nitrogen and oxygen atoms in total. The molecule has 0 unspecified atom stereocenters. The quantitative estimate of drug-likeness (QED) is 0.427. The average Bonchev–Trinajstić information content (AvgIpc) is 2.46. The molecule has 23 heavy (non-hydrogen) atoms. The Balaban J connectivity index is 2.74. The number of hydrogen-bond donors (Lipinski definition) is 0. The molecule has 120 valence electrons. The van der Waals surface area contributed by atoms with Crippen LogP contribution in [-0.2, 0) is 0 Å². The molecule has 0 aliphatic heterocycles. The Hall–Kier alpha value is -2.08. The SMILES string of the molecule is CC(C)=C(C)/C(=C(\C)c1ccc(C)cc1)c1cc(C)cc(C)c1. The Bertz CT molecular complexity index is 744. The fraction of sp³-hybridized carbons (Fsp3) is 0.304. The minimum atomic E-state index is 1.30. The molecule has 2 aromatic rings. The van der Waals surface area contributed by atoms with Gasteiger partial charge in [0.25, 0.3) is 0 Å². The molecule has 2 rings (SSSR count). The van der Waals surface area contributed by atoms with Gasteiger partial charge in [-0.15, -0.1) is 0 Å². The minimum absolute atomic E-state index is 1.30. The summed E-state index contributed by atoms with van der Waals surface area (Å²) >= 11 is 0. The summed E-state index contributed by atoms with van der Waals surface area (Å²) in [5.41, 5.74) is 12.0. The largest absolute Gasteiger partial charge is 0.0729 e. The third-order valence-corrected chi connectivity index (χ3v) is 4.49. The molecular weight excluding hydrogens is 276 g/mol. The van der Waals surface area contributed by atoms with E-state index in [0.717, 1.165) is 0 Å². The van der Waals surface area contributed by atoms with Crippen molar-refractivity contribution in [2.75, 3.05) is 0 Å². The molecule has 2 aromatic carbocycles. The molecule has 0 fully saturated rings. The van der Waals surface area contributed by atoms with Crippen LogP contribution in [0.4, 0.5) is 0 Å². The minimum Gasteiger partial charge on any atom is -0.0729 e. The number of hydrogen-bond acceptors (Lipinski definition) is 0. The Morgan fingerprint density at radius 3 is 1.61 bits per heavy atom. The van der Waals surface area contributed by atoms with E-state index in [2.05, 4.69) is 90.9 Å². The molecule has 0 atom stereocenters. The summed E-state index contributed by atoms with van der Waals surface area (Å²) in [5, 5.41) is 0. The fourth-order valence-electron chi connectivity index (χ4n) is 3.03. The molecule has 0 aliphatic carbocycles. The summed E-state index contributed by atoms with van der Waals surface area (Å²) in [7, 11) is 0. The van der Waals surface area contributed by atoms with E-state index in [-0.39, 0.29) is 0 Å². The van der Waals surface area contributed by atoms with Crippen molar-refractivity contribution in [1.82, 2.24) is 0 Å². The summed E-state index contributed by atoms with van der Waals surface area (Å²) in [5.74, 6) is 0. The van der Waals surface area contributed by atoms with Crippen LogP contribution in [0, 0.1) is 20.8 Å². The standard InChI is InChI=1S/C23H28/c1-15(2)19(6)23(22-13-17(4)12-18(5)14-22)20(7)21-10-8-16(3)9-11-21/h8-14H,1-7H3/b23-20-. The second-order valence-electron chi connectivity index (χ2n) is 6.87. The van der Waals surface area contributed by atoms with Crippen LogP contribution in [0.3, 0.4) is 0 Å². The van der Waals surface area contributed by atoms with Gasteiger partial charge < -0.3 is 0 Å². The predicted molar refractivity (Wildman–Crippen MR) is 104 cm³/mol. The van der Waals surface area contributed by atoms with Crippen molar-refractivity contribution in [3.63, 3.8) is 0 Å². The Labute approximate surface area is 141 Å². The number of benzene rings is 2. The normalized spacial score (nSPS) is 12.0. The highest BCUT2D eigenvalue weighted by Gasteiger charge is 2.12. The van der Waals surface area contributed by atoms with Crippen LogP contribution < -0.4 is 0 Å². The first-order chi connectivity index (χ1) is 10.8. The molecule has 0 spiro atoms. The first kappa shape index (κ1) is 17.3. The molecular formula is C23H28. The van der Waals surface area contributed by atoms with Crippen LogP contribution in [0.15, 0.2) is 53.6 Å². The zero-order valence-electron chi connectivity index (χ0n) is 15.5. The maximum atomic E-state index is 2.30. The molecule has 0 saturated heterocycles. The zero-order valence-corrected chi connectivity index (χ0v) is 15.5. The highest BCUT2D eigenvalue weighted by atomic mass is 14.2. The fourth-order valence-corrected chi connectivity index (χ4v) is 3.03. The van der Waals surface area contributed by atoms with E-state index in [0.29, 0.717) is 0 Å². The summed E-state index contributed by atoms with van der Waals surface area (Å²) in [4.78, 5) is 0. The molecule has 0 heterocycles. The Kier molecular flexibility index (Phi) is 5.26. The molecule has 0 aliphatic rings. The van der Waals surface area contributed by atoms with Crippen molar-refractivity contribution in [2.45, 2.75) is 48.5 Å². The number of allylic oxidation sites excluding steroid dienone is 4. The van der Waals surface area contributed by atoms with Crippen molar-refractivity contribution in [3.05, 3.63) is 81.4 Å². The van der Waals surface area contributed by atoms with E-state index in [1.165, 1.54) is 50.1 Å². The average molecular weight is 304 g/mol. The smallest absolute Gasteiger partial charge is 0.0120 e. The van der Waals surface area contributed by atoms with Gasteiger partial charge in [-0.1, -0.05) is 64.7 Å². The summed E-state index contributed by atoms with van der Waals surface area (Å²) in [6, 6.07) is 15.7. The molecule has 0 bridgehead atoms. The van der Waals surface area contributed by atoms with Gasteiger partial charge in [0.15, 0.2) is 0 Å². The van der Waals surface area contributed by atoms with Crippen molar-refractivity contribution < 1.29 is 0 Å². The second-order valence-corrected chi connectivity index (χ2v) is 6.87. The first-order valence-electron chi connectivity index (χ1n) is 8.30. The van der Waals surface area contributed by atoms with Crippen LogP contribution in [0.1, 0.15) is 55.5 Å². The topological polar surface area (TPSA) is 0 Å². The number of aryl methyl sites for hydroxylation is 3. The maximum Gasteiger partial charge on any atom is -0.0120 e. The summed E-state index contributed by atoms with van der Waals surface area (Å²) in [6.07, 6.45) is 0. The van der Waals surface area contributed by atoms with Crippen LogP contribution in [0.25, 0.3) is 11.1 Å². The molecule has 0 N–H and O–H groups in total. The van der Waals surface area contributed by atoms with Crippen molar-refractivity contribution in [1.29, 1.82) is 0 Å². The van der Waals surface area contributed by atoms with Crippen molar-refractivity contribution in [2.24, 2.45) is 0 Å². The van der Waals surface area contributed by atoms with Crippen LogP contribution in [-0.4, -0.2) is 0 Å². The van der Waals surface area contributed by atoms with Crippen molar-refractivity contribution >= 4 is 11.1 Å². The lowest BCUT2D eigenvalue weighted by atomic mass is 9.87. The lowest BCUT2D eigenvalue weighted by Crippen LogP contribution is -1.95. The van der Waals surface area contributed by atoms with Crippen LogP contribution >= 0.6 is 0 Å². The van der Waals surface area contributed by atoms with Gasteiger partial charge >= 0.3 is 0 Å². The van der Waals surface area contributed by atoms with E-state index >= 15 is 0 Å². The maximum absolute atomic E-state index is 2.30. The lowest BCUT2D eigenvalue weighted by molar-refractivity contribution is 1.28. The van der Waals surface area contributed by atoms with Gasteiger partial charge in [-0.25, -0.2) is 0 Å². The predicted octanol–water partition coefficient (Wildman–Crippen LogP) is 6.90. The Morgan fingerprint density at radius 2 is 1.13 bits per heavy atom. The summed E-state index contributed by atoms with van der Waals surface area (Å²) < 4.78 is 0. The highest BCUT2D eigenvalue weighted by molar-refractivity contribution is 5.97. The van der Waals surface area contributed by atoms with E-state index in [1.54, 1.807) is 0 Å². The molecule has 0 heteroatoms. The Morgan fingerprint density at radius 1 is 0.609 bits per heavy atom. The zero-order chi connectivity index (χ0) is 17.1. The van der Waals surface area contributed by atoms with Crippen LogP contribution in [0.5, 0.6) is 0 Å². The first-order valence-corrected chi connectivity index (χ1v) is 8.30. The van der Waals surface area contributed by atoms with Gasteiger partial charge in [-0.2, -0.15) is 0 Å². The van der Waals surface area contributed by atoms with Crippen molar-refractivity contribution in [3.8, 4) is 0 Å². The molecule has 0 amide bonds. The molecule has 0 saturated carbocycles. The van der Waals surface area contributed by atoms with Crippen LogP contribution in [0.2, 0.25) is 0 Å². The van der Waals surface area contributed by atoms with Gasteiger partial charge in [-0.3, -0.25) is 0 Å². The molecule has 0 radical (unpaired) electrons. The highest BCUT2D eigenvalue weighted by Crippen LogP contribution is 2.34. The second kappa shape index (κ2) is 7.00. The van der Waals surface area contributed by atoms with E-state index < -0.39 is 0 Å². The van der Waals surface area contributed by atoms with E-state index in [1.807, 2.05) is 0 Å². The third-order valence-electron chi connectivity index (χ3n) is 4.49. The van der Waals surface area contributed by atoms with Gasteiger partial charge in [0.1, 0.15) is 0 Å². The summed E-state index contributed by atoms with van der Waals surface area (Å²) in [6.45, 7) is 15.3. The lowest BCUT2D eigenvalue weighted by Gasteiger charge is -2.17. The third kappa shape index (κ3) is 4.01. The van der Waals surface area contributed by atoms with E-state index in [9.17, 15) is 0 Å². The molecule has 0 aromatic heterocycles. The monoisotopic (exact) mass is 304 g/mol.